The first-order valence-electron chi connectivity index (χ1n) is 15.9. The van der Waals surface area contributed by atoms with Gasteiger partial charge in [-0.2, -0.15) is 0 Å². The second-order valence-corrected chi connectivity index (χ2v) is 14.2. The van der Waals surface area contributed by atoms with Crippen LogP contribution in [-0.4, -0.2) is 11.7 Å². The van der Waals surface area contributed by atoms with Gasteiger partial charge in [0.15, 0.2) is 0 Å². The van der Waals surface area contributed by atoms with E-state index >= 15 is 0 Å². The number of hydrogen-bond donors (Lipinski definition) is 0. The Kier molecular flexibility index (Phi) is 11.8. The van der Waals surface area contributed by atoms with Gasteiger partial charge in [-0.1, -0.05) is 123 Å². The Labute approximate surface area is 257 Å². The maximum absolute atomic E-state index is 5.96. The van der Waals surface area contributed by atoms with Crippen molar-refractivity contribution in [1.82, 2.24) is 0 Å². The van der Waals surface area contributed by atoms with E-state index in [4.69, 9.17) is 9.78 Å². The molecule has 2 heteroatoms. The van der Waals surface area contributed by atoms with E-state index in [1.54, 1.807) is 5.57 Å². The van der Waals surface area contributed by atoms with Gasteiger partial charge >= 0.3 is 0 Å². The summed E-state index contributed by atoms with van der Waals surface area (Å²) in [4.78, 5) is 11.8. The highest BCUT2D eigenvalue weighted by Crippen LogP contribution is 2.50. The number of hydrogen-bond acceptors (Lipinski definition) is 2. The molecule has 2 nitrogen and oxygen atoms in total. The maximum atomic E-state index is 5.96. The zero-order valence-electron chi connectivity index (χ0n) is 28.1. The van der Waals surface area contributed by atoms with Crippen molar-refractivity contribution in [2.24, 2.45) is 10.8 Å². The molecule has 1 saturated carbocycles. The Morgan fingerprint density at radius 3 is 1.93 bits per heavy atom. The van der Waals surface area contributed by atoms with Crippen LogP contribution in [0, 0.1) is 10.8 Å². The van der Waals surface area contributed by atoms with Crippen LogP contribution in [0.15, 0.2) is 118 Å². The van der Waals surface area contributed by atoms with E-state index in [0.717, 1.165) is 12.0 Å². The quantitative estimate of drug-likeness (QED) is 0.156. The topological polar surface area (TPSA) is 18.5 Å². The summed E-state index contributed by atoms with van der Waals surface area (Å²) in [5.74, 6) is 0. The lowest BCUT2D eigenvalue weighted by molar-refractivity contribution is -0.372. The van der Waals surface area contributed by atoms with Gasteiger partial charge in [-0.25, -0.2) is 9.78 Å². The molecule has 0 amide bonds. The zero-order chi connectivity index (χ0) is 31.0. The van der Waals surface area contributed by atoms with Crippen molar-refractivity contribution in [3.63, 3.8) is 0 Å². The Hall–Kier alpha value is -2.68. The zero-order valence-corrected chi connectivity index (χ0v) is 28.1. The highest BCUT2D eigenvalue weighted by atomic mass is 17.2. The smallest absolute Gasteiger partial charge is 0.133 e. The number of rotatable bonds is 9. The molecule has 2 aliphatic carbocycles. The van der Waals surface area contributed by atoms with Gasteiger partial charge in [-0.05, 0) is 114 Å². The Morgan fingerprint density at radius 1 is 0.714 bits per heavy atom. The largest absolute Gasteiger partial charge is 0.225 e. The van der Waals surface area contributed by atoms with Crippen molar-refractivity contribution in [3.05, 3.63) is 118 Å². The van der Waals surface area contributed by atoms with E-state index in [2.05, 4.69) is 148 Å². The molecule has 0 spiro atoms. The third-order valence-corrected chi connectivity index (χ3v) is 9.18. The van der Waals surface area contributed by atoms with Crippen LogP contribution in [0.5, 0.6) is 0 Å². The predicted octanol–water partition coefficient (Wildman–Crippen LogP) is 11.7. The molecular weight excluding hydrogens is 512 g/mol. The molecule has 0 N–H and O–H groups in total. The van der Waals surface area contributed by atoms with E-state index in [0.29, 0.717) is 0 Å². The Balaban J connectivity index is 1.52. The monoisotopic (exact) mass is 568 g/mol. The third-order valence-electron chi connectivity index (χ3n) is 9.18. The first kappa shape index (κ1) is 33.8. The van der Waals surface area contributed by atoms with E-state index in [1.807, 2.05) is 0 Å². The third kappa shape index (κ3) is 9.41. The highest BCUT2D eigenvalue weighted by molar-refractivity contribution is 5.38. The van der Waals surface area contributed by atoms with Gasteiger partial charge in [0.05, 0.1) is 0 Å². The van der Waals surface area contributed by atoms with E-state index in [-0.39, 0.29) is 22.5 Å². The summed E-state index contributed by atoms with van der Waals surface area (Å²) in [6.45, 7) is 22.4. The van der Waals surface area contributed by atoms with Gasteiger partial charge in [0, 0.05) is 0 Å². The van der Waals surface area contributed by atoms with Crippen molar-refractivity contribution < 1.29 is 9.78 Å². The van der Waals surface area contributed by atoms with Crippen molar-refractivity contribution in [3.8, 4) is 0 Å². The minimum atomic E-state index is -0.293. The molecule has 0 saturated heterocycles. The summed E-state index contributed by atoms with van der Waals surface area (Å²) in [6.07, 6.45) is 35.2. The molecule has 0 aromatic heterocycles. The first-order valence-corrected chi connectivity index (χ1v) is 15.9. The fourth-order valence-corrected chi connectivity index (χ4v) is 6.49. The molecule has 2 atom stereocenters. The van der Waals surface area contributed by atoms with Crippen molar-refractivity contribution in [1.29, 1.82) is 0 Å². The summed E-state index contributed by atoms with van der Waals surface area (Å²) in [5.41, 5.74) is 9.38. The van der Waals surface area contributed by atoms with E-state index < -0.39 is 0 Å². The van der Waals surface area contributed by atoms with Gasteiger partial charge in [0.1, 0.15) is 11.7 Å². The predicted molar refractivity (Wildman–Crippen MR) is 182 cm³/mol. The summed E-state index contributed by atoms with van der Waals surface area (Å²) >= 11 is 0. The molecule has 42 heavy (non-hydrogen) atoms. The second kappa shape index (κ2) is 14.7. The van der Waals surface area contributed by atoms with Crippen molar-refractivity contribution >= 4 is 0 Å². The van der Waals surface area contributed by atoms with Crippen molar-refractivity contribution in [2.45, 2.75) is 119 Å². The summed E-state index contributed by atoms with van der Waals surface area (Å²) in [7, 11) is 0. The van der Waals surface area contributed by atoms with Gasteiger partial charge < -0.3 is 0 Å². The van der Waals surface area contributed by atoms with Gasteiger partial charge in [-0.3, -0.25) is 0 Å². The Morgan fingerprint density at radius 2 is 1.29 bits per heavy atom. The van der Waals surface area contributed by atoms with Crippen LogP contribution in [0.1, 0.15) is 108 Å². The fourth-order valence-electron chi connectivity index (χ4n) is 6.49. The average Bonchev–Trinajstić information content (AvgIpc) is 2.90. The molecule has 1 heterocycles. The summed E-state index contributed by atoms with van der Waals surface area (Å²) in [5, 5.41) is 0. The highest BCUT2D eigenvalue weighted by Gasteiger charge is 2.46. The first-order chi connectivity index (χ1) is 19.7. The lowest BCUT2D eigenvalue weighted by Gasteiger charge is -2.47. The van der Waals surface area contributed by atoms with Crippen LogP contribution in [0.25, 0.3) is 0 Å². The van der Waals surface area contributed by atoms with Gasteiger partial charge in [-0.15, -0.1) is 0 Å². The van der Waals surface area contributed by atoms with Crippen LogP contribution >= 0.6 is 0 Å². The normalized spacial score (nSPS) is 28.0. The molecule has 0 aromatic carbocycles. The van der Waals surface area contributed by atoms with Gasteiger partial charge in [0.25, 0.3) is 0 Å². The van der Waals surface area contributed by atoms with Crippen molar-refractivity contribution in [2.75, 3.05) is 0 Å². The van der Waals surface area contributed by atoms with E-state index in [9.17, 15) is 0 Å². The van der Waals surface area contributed by atoms with E-state index in [1.165, 1.54) is 60.0 Å². The molecule has 3 rings (SSSR count). The minimum absolute atomic E-state index is 0.138. The molecule has 2 unspecified atom stereocenters. The SMILES string of the molecule is CC1=C(/C=C/C(C)=C/C=C/C(C)=C/C=C/C=C(C)/C=C/C=C(\C)C2C=C3C(C)(C)CCCC3(C)OO2)C(C)(C)CCC1. The summed E-state index contributed by atoms with van der Waals surface area (Å²) < 4.78 is 0. The van der Waals surface area contributed by atoms with Crippen LogP contribution in [0.2, 0.25) is 0 Å². The molecule has 0 bridgehead atoms. The molecule has 1 fully saturated rings. The molecule has 0 radical (unpaired) electrons. The molecule has 228 valence electrons. The van der Waals surface area contributed by atoms with Crippen LogP contribution in [-0.2, 0) is 9.78 Å². The average molecular weight is 569 g/mol. The number of fused-ring (bicyclic) bond motifs is 1. The van der Waals surface area contributed by atoms with Crippen LogP contribution in [0.4, 0.5) is 0 Å². The van der Waals surface area contributed by atoms with Crippen LogP contribution in [0.3, 0.4) is 0 Å². The fraction of sp³-hybridized carbons (Fsp3) is 0.500. The standard InChI is InChI=1S/C40H56O2/c1-30(19-13-20-32(3)24-25-35-33(4)23-15-26-38(35,6)7)17-11-12-18-31(2)21-14-22-34(5)36-29-37-39(8,9)27-16-28-40(37,10)42-41-36/h11-14,17-22,24-25,29,36H,15-16,23,26-28H2,1-10H3/b12-11+,19-13+,21-14+,25-24+,30-17+,31-18+,32-20+,34-22+. The number of allylic oxidation sites excluding steroid dienone is 17. The lowest BCUT2D eigenvalue weighted by Crippen LogP contribution is -2.46. The van der Waals surface area contributed by atoms with Crippen LogP contribution < -0.4 is 0 Å². The lowest BCUT2D eigenvalue weighted by atomic mass is 9.65. The molecule has 1 aliphatic heterocycles. The maximum Gasteiger partial charge on any atom is 0.133 e. The molecule has 3 aliphatic rings. The molecular formula is C40H56O2. The Bertz CT molecular complexity index is 1280. The van der Waals surface area contributed by atoms with Gasteiger partial charge in [0.2, 0.25) is 0 Å². The minimum Gasteiger partial charge on any atom is -0.225 e. The molecule has 0 aromatic rings. The summed E-state index contributed by atoms with van der Waals surface area (Å²) in [6, 6.07) is 0. The second-order valence-electron chi connectivity index (χ2n) is 14.2.